The van der Waals surface area contributed by atoms with E-state index in [1.165, 1.54) is 0 Å². The summed E-state index contributed by atoms with van der Waals surface area (Å²) in [6.45, 7) is 6.25. The highest BCUT2D eigenvalue weighted by atomic mass is 32.1. The summed E-state index contributed by atoms with van der Waals surface area (Å²) in [4.78, 5) is 21.1. The van der Waals surface area contributed by atoms with Crippen molar-refractivity contribution in [2.24, 2.45) is 0 Å². The van der Waals surface area contributed by atoms with Crippen molar-refractivity contribution in [1.82, 2.24) is 20.4 Å². The zero-order chi connectivity index (χ0) is 17.8. The number of hydrogen-bond donors (Lipinski definition) is 1. The molecule has 6 nitrogen and oxygen atoms in total. The number of pyridine rings is 1. The number of nitrogens with zero attached hydrogens (tertiary/aromatic N) is 3. The molecule has 3 rings (SSSR count). The van der Waals surface area contributed by atoms with Crippen LogP contribution in [0, 0.1) is 6.92 Å². The van der Waals surface area contributed by atoms with Gasteiger partial charge in [-0.15, -0.1) is 11.3 Å². The van der Waals surface area contributed by atoms with Crippen LogP contribution in [0.2, 0.25) is 0 Å². The molecule has 0 aliphatic rings. The Morgan fingerprint density at radius 2 is 2.24 bits per heavy atom. The van der Waals surface area contributed by atoms with Crippen LogP contribution in [0.1, 0.15) is 47.3 Å². The monoisotopic (exact) mass is 356 g/mol. The molecule has 3 aromatic rings. The number of aryl methyl sites for hydroxylation is 1. The van der Waals surface area contributed by atoms with E-state index in [0.717, 1.165) is 16.3 Å². The van der Waals surface area contributed by atoms with E-state index in [4.69, 9.17) is 4.52 Å². The van der Waals surface area contributed by atoms with Crippen molar-refractivity contribution in [2.75, 3.05) is 6.54 Å². The lowest BCUT2D eigenvalue weighted by molar-refractivity contribution is 0.0951. The summed E-state index contributed by atoms with van der Waals surface area (Å²) in [5.41, 5.74) is 3.12. The van der Waals surface area contributed by atoms with Gasteiger partial charge in [-0.3, -0.25) is 9.78 Å². The first kappa shape index (κ1) is 17.3. The zero-order valence-corrected chi connectivity index (χ0v) is 15.3. The first-order chi connectivity index (χ1) is 12.1. The highest BCUT2D eigenvalue weighted by molar-refractivity contribution is 7.13. The van der Waals surface area contributed by atoms with Crippen LogP contribution in [0.4, 0.5) is 0 Å². The van der Waals surface area contributed by atoms with E-state index >= 15 is 0 Å². The molecule has 0 spiro atoms. The number of nitrogens with one attached hydrogen (secondary N) is 1. The van der Waals surface area contributed by atoms with E-state index in [1.807, 2.05) is 31.4 Å². The highest BCUT2D eigenvalue weighted by Gasteiger charge is 2.22. The van der Waals surface area contributed by atoms with Crippen LogP contribution in [-0.2, 0) is 6.42 Å². The van der Waals surface area contributed by atoms with E-state index < -0.39 is 0 Å². The lowest BCUT2D eigenvalue weighted by atomic mass is 10.0. The van der Waals surface area contributed by atoms with Gasteiger partial charge in [-0.1, -0.05) is 19.0 Å². The molecule has 0 fully saturated rings. The molecule has 0 aromatic carbocycles. The minimum absolute atomic E-state index is 0.113. The second-order valence-corrected chi connectivity index (χ2v) is 6.91. The third kappa shape index (κ3) is 3.93. The van der Waals surface area contributed by atoms with Gasteiger partial charge >= 0.3 is 0 Å². The Balaban J connectivity index is 1.60. The molecule has 0 saturated carbocycles. The number of carbonyl (C=O) groups excluding carboxylic acids is 1. The second kappa shape index (κ2) is 7.57. The number of aromatic nitrogens is 3. The Morgan fingerprint density at radius 1 is 1.40 bits per heavy atom. The fourth-order valence-electron chi connectivity index (χ4n) is 2.49. The van der Waals surface area contributed by atoms with Crippen molar-refractivity contribution >= 4 is 17.2 Å². The number of amides is 1. The van der Waals surface area contributed by atoms with Gasteiger partial charge in [-0.05, 0) is 19.1 Å². The molecule has 7 heteroatoms. The normalized spacial score (nSPS) is 11.0. The van der Waals surface area contributed by atoms with Crippen LogP contribution < -0.4 is 5.32 Å². The summed E-state index contributed by atoms with van der Waals surface area (Å²) in [6.07, 6.45) is 4.21. The van der Waals surface area contributed by atoms with Gasteiger partial charge in [0.1, 0.15) is 10.6 Å². The van der Waals surface area contributed by atoms with Crippen LogP contribution in [0.15, 0.2) is 34.4 Å². The summed E-state index contributed by atoms with van der Waals surface area (Å²) in [5.74, 6) is 0.593. The summed E-state index contributed by atoms with van der Waals surface area (Å²) in [7, 11) is 0. The average molecular weight is 356 g/mol. The molecule has 0 saturated heterocycles. The second-order valence-electron chi connectivity index (χ2n) is 6.05. The van der Waals surface area contributed by atoms with Gasteiger partial charge in [0.05, 0.1) is 11.4 Å². The molecule has 1 amide bonds. The number of carbonyl (C=O) groups is 1. The average Bonchev–Trinajstić information content (AvgIpc) is 3.22. The van der Waals surface area contributed by atoms with Crippen LogP contribution in [-0.4, -0.2) is 27.6 Å². The molecule has 3 heterocycles. The summed E-state index contributed by atoms with van der Waals surface area (Å²) in [6, 6.07) is 3.88. The van der Waals surface area contributed by atoms with E-state index in [9.17, 15) is 4.79 Å². The van der Waals surface area contributed by atoms with Crippen molar-refractivity contribution in [2.45, 2.75) is 33.1 Å². The molecule has 0 radical (unpaired) electrons. The molecular formula is C18H20N4O2S. The minimum Gasteiger partial charge on any atom is -0.360 e. The SMILES string of the molecule is Cc1noc(C(C)C)c1C(=O)NCCc1csc(-c2cccnc2)n1. The number of rotatable bonds is 6. The quantitative estimate of drug-likeness (QED) is 0.730. The first-order valence-electron chi connectivity index (χ1n) is 8.15. The maximum atomic E-state index is 12.4. The third-order valence-electron chi connectivity index (χ3n) is 3.77. The summed E-state index contributed by atoms with van der Waals surface area (Å²) >= 11 is 1.58. The van der Waals surface area contributed by atoms with Crippen molar-refractivity contribution in [3.8, 4) is 10.6 Å². The Bertz CT molecular complexity index is 855. The van der Waals surface area contributed by atoms with E-state index in [2.05, 4.69) is 20.4 Å². The van der Waals surface area contributed by atoms with Crippen molar-refractivity contribution in [1.29, 1.82) is 0 Å². The zero-order valence-electron chi connectivity index (χ0n) is 14.4. The molecule has 0 atom stereocenters. The highest BCUT2D eigenvalue weighted by Crippen LogP contribution is 2.23. The molecule has 3 aromatic heterocycles. The molecule has 130 valence electrons. The van der Waals surface area contributed by atoms with E-state index in [-0.39, 0.29) is 11.8 Å². The Labute approximate surface area is 150 Å². The molecule has 0 bridgehead atoms. The number of thiazole rings is 1. The Hall–Kier alpha value is -2.54. The fraction of sp³-hybridized carbons (Fsp3) is 0.333. The lowest BCUT2D eigenvalue weighted by Gasteiger charge is -2.06. The molecule has 0 unspecified atom stereocenters. The van der Waals surface area contributed by atoms with Gasteiger partial charge < -0.3 is 9.84 Å². The Kier molecular flexibility index (Phi) is 5.23. The van der Waals surface area contributed by atoms with Gasteiger partial charge in [0.25, 0.3) is 5.91 Å². The van der Waals surface area contributed by atoms with Gasteiger partial charge in [0.2, 0.25) is 0 Å². The van der Waals surface area contributed by atoms with Crippen LogP contribution in [0.25, 0.3) is 10.6 Å². The number of hydrogen-bond acceptors (Lipinski definition) is 6. The molecule has 25 heavy (non-hydrogen) atoms. The van der Waals surface area contributed by atoms with Gasteiger partial charge in [-0.2, -0.15) is 0 Å². The predicted octanol–water partition coefficient (Wildman–Crippen LogP) is 3.60. The maximum Gasteiger partial charge on any atom is 0.256 e. The summed E-state index contributed by atoms with van der Waals surface area (Å²) < 4.78 is 5.27. The van der Waals surface area contributed by atoms with E-state index in [1.54, 1.807) is 30.7 Å². The van der Waals surface area contributed by atoms with Crippen LogP contribution >= 0.6 is 11.3 Å². The summed E-state index contributed by atoms with van der Waals surface area (Å²) in [5, 5.41) is 9.79. The lowest BCUT2D eigenvalue weighted by Crippen LogP contribution is -2.27. The molecule has 0 aliphatic carbocycles. The fourth-order valence-corrected chi connectivity index (χ4v) is 3.34. The smallest absolute Gasteiger partial charge is 0.256 e. The molecule has 1 N–H and O–H groups in total. The van der Waals surface area contributed by atoms with Crippen molar-refractivity contribution < 1.29 is 9.32 Å². The first-order valence-corrected chi connectivity index (χ1v) is 9.03. The van der Waals surface area contributed by atoms with Crippen molar-refractivity contribution in [3.05, 3.63) is 52.6 Å². The van der Waals surface area contributed by atoms with Crippen LogP contribution in [0.3, 0.4) is 0 Å². The molecule has 0 aliphatic heterocycles. The van der Waals surface area contributed by atoms with Crippen molar-refractivity contribution in [3.63, 3.8) is 0 Å². The van der Waals surface area contributed by atoms with Crippen LogP contribution in [0.5, 0.6) is 0 Å². The Morgan fingerprint density at radius 3 is 2.96 bits per heavy atom. The largest absolute Gasteiger partial charge is 0.360 e. The maximum absolute atomic E-state index is 12.4. The van der Waals surface area contributed by atoms with Gasteiger partial charge in [-0.25, -0.2) is 4.98 Å². The topological polar surface area (TPSA) is 80.9 Å². The standard InChI is InChI=1S/C18H20N4O2S/c1-11(2)16-15(12(3)22-24-16)17(23)20-8-6-14-10-25-18(21-14)13-5-4-7-19-9-13/h4-5,7,9-11H,6,8H2,1-3H3,(H,20,23). The van der Waals surface area contributed by atoms with Gasteiger partial charge in [0.15, 0.2) is 5.76 Å². The third-order valence-corrected chi connectivity index (χ3v) is 4.71. The molecular weight excluding hydrogens is 336 g/mol. The van der Waals surface area contributed by atoms with E-state index in [0.29, 0.717) is 30.0 Å². The minimum atomic E-state index is -0.148. The predicted molar refractivity (Wildman–Crippen MR) is 96.7 cm³/mol. The van der Waals surface area contributed by atoms with Gasteiger partial charge in [0, 0.05) is 42.2 Å².